The van der Waals surface area contributed by atoms with Gasteiger partial charge < -0.3 is 10.0 Å². The summed E-state index contributed by atoms with van der Waals surface area (Å²) < 4.78 is 0. The third-order valence-corrected chi connectivity index (χ3v) is 2.49. The molecule has 0 saturated carbocycles. The topological polar surface area (TPSA) is 77.2 Å². The Balaban J connectivity index is 2.14. The van der Waals surface area contributed by atoms with Gasteiger partial charge in [0.1, 0.15) is 6.07 Å². The number of carbonyl (C=O) groups is 1. The molecule has 0 aliphatic carbocycles. The molecule has 0 amide bonds. The summed E-state index contributed by atoms with van der Waals surface area (Å²) in [4.78, 5) is 16.4. The Morgan fingerprint density at radius 1 is 1.67 bits per heavy atom. The fraction of sp³-hybridized carbons (Fsp3) is 0.300. The van der Waals surface area contributed by atoms with Crippen molar-refractivity contribution in [1.82, 2.24) is 4.98 Å². The Morgan fingerprint density at radius 2 is 2.40 bits per heavy atom. The molecule has 5 nitrogen and oxygen atoms in total. The summed E-state index contributed by atoms with van der Waals surface area (Å²) in [6.07, 6.45) is 3.15. The molecule has 1 fully saturated rings. The number of nitrogens with zero attached hydrogens (tertiary/aromatic N) is 3. The van der Waals surface area contributed by atoms with Gasteiger partial charge in [0.05, 0.1) is 23.4 Å². The minimum absolute atomic E-state index is 0.322. The van der Waals surface area contributed by atoms with E-state index < -0.39 is 5.97 Å². The maximum absolute atomic E-state index is 10.6. The fourth-order valence-corrected chi connectivity index (χ4v) is 1.56. The second-order valence-corrected chi connectivity index (χ2v) is 3.44. The molecule has 15 heavy (non-hydrogen) atoms. The van der Waals surface area contributed by atoms with Crippen LogP contribution in [0.1, 0.15) is 5.56 Å². The first-order valence-corrected chi connectivity index (χ1v) is 4.54. The van der Waals surface area contributed by atoms with Gasteiger partial charge in [-0.15, -0.1) is 0 Å². The number of hydrogen-bond donors (Lipinski definition) is 1. The van der Waals surface area contributed by atoms with E-state index in [1.807, 2.05) is 4.90 Å². The maximum Gasteiger partial charge on any atom is 0.310 e. The second kappa shape index (κ2) is 3.58. The summed E-state index contributed by atoms with van der Waals surface area (Å²) >= 11 is 0. The Hall–Kier alpha value is -2.09. The molecule has 2 rings (SSSR count). The van der Waals surface area contributed by atoms with E-state index in [4.69, 9.17) is 10.4 Å². The van der Waals surface area contributed by atoms with Crippen molar-refractivity contribution in [2.45, 2.75) is 0 Å². The molecule has 0 aromatic carbocycles. The molecular weight excluding hydrogens is 194 g/mol. The lowest BCUT2D eigenvalue weighted by Gasteiger charge is -2.38. The molecule has 0 radical (unpaired) electrons. The standard InChI is InChI=1S/C10H9N3O2/c11-3-7-1-2-12-4-9(7)13-5-8(6-13)10(14)15/h1-2,4,8H,5-6H2,(H,14,15). The molecule has 1 aromatic heterocycles. The molecule has 1 aliphatic rings. The summed E-state index contributed by atoms with van der Waals surface area (Å²) in [7, 11) is 0. The molecule has 1 saturated heterocycles. The lowest BCUT2D eigenvalue weighted by atomic mass is 9.99. The van der Waals surface area contributed by atoms with Gasteiger partial charge in [0, 0.05) is 19.3 Å². The first-order valence-electron chi connectivity index (χ1n) is 4.54. The number of aliphatic carboxylic acids is 1. The number of aromatic nitrogens is 1. The van der Waals surface area contributed by atoms with Gasteiger partial charge >= 0.3 is 5.97 Å². The van der Waals surface area contributed by atoms with Gasteiger partial charge in [-0.2, -0.15) is 5.26 Å². The summed E-state index contributed by atoms with van der Waals surface area (Å²) in [6, 6.07) is 3.69. The van der Waals surface area contributed by atoms with Crippen molar-refractivity contribution in [3.63, 3.8) is 0 Å². The van der Waals surface area contributed by atoms with E-state index in [9.17, 15) is 4.79 Å². The van der Waals surface area contributed by atoms with Gasteiger partial charge in [-0.25, -0.2) is 0 Å². The first-order chi connectivity index (χ1) is 7.22. The molecule has 2 heterocycles. The monoisotopic (exact) mass is 203 g/mol. The van der Waals surface area contributed by atoms with Crippen molar-refractivity contribution in [3.8, 4) is 6.07 Å². The molecule has 0 unspecified atom stereocenters. The van der Waals surface area contributed by atoms with Crippen LogP contribution in [0.4, 0.5) is 5.69 Å². The minimum atomic E-state index is -0.784. The number of anilines is 1. The molecule has 0 bridgehead atoms. The van der Waals surface area contributed by atoms with Crippen molar-refractivity contribution in [2.24, 2.45) is 5.92 Å². The Kier molecular flexibility index (Phi) is 2.26. The predicted octanol–water partition coefficient (Wildman–Crippen LogP) is 0.474. The van der Waals surface area contributed by atoms with Crippen LogP contribution in [0.25, 0.3) is 0 Å². The molecule has 76 valence electrons. The average molecular weight is 203 g/mol. The van der Waals surface area contributed by atoms with Crippen LogP contribution in [0.15, 0.2) is 18.5 Å². The lowest BCUT2D eigenvalue weighted by Crippen LogP contribution is -2.50. The van der Waals surface area contributed by atoms with Crippen LogP contribution in [0, 0.1) is 17.2 Å². The van der Waals surface area contributed by atoms with E-state index in [0.717, 1.165) is 5.69 Å². The van der Waals surface area contributed by atoms with E-state index in [-0.39, 0.29) is 5.92 Å². The van der Waals surface area contributed by atoms with E-state index in [2.05, 4.69) is 11.1 Å². The highest BCUT2D eigenvalue weighted by molar-refractivity contribution is 5.75. The number of nitriles is 1. The van der Waals surface area contributed by atoms with Crippen LogP contribution in [0.3, 0.4) is 0 Å². The Morgan fingerprint density at radius 3 is 3.00 bits per heavy atom. The zero-order valence-corrected chi connectivity index (χ0v) is 7.92. The number of carboxylic acids is 1. The first kappa shape index (κ1) is 9.46. The largest absolute Gasteiger partial charge is 0.481 e. The highest BCUT2D eigenvalue weighted by atomic mass is 16.4. The molecule has 0 spiro atoms. The summed E-state index contributed by atoms with van der Waals surface area (Å²) in [5.41, 5.74) is 1.26. The second-order valence-electron chi connectivity index (χ2n) is 3.44. The number of carboxylic acid groups (broad SMARTS) is 1. The van der Waals surface area contributed by atoms with Crippen molar-refractivity contribution in [2.75, 3.05) is 18.0 Å². The maximum atomic E-state index is 10.6. The molecule has 1 aliphatic heterocycles. The van der Waals surface area contributed by atoms with Crippen molar-refractivity contribution in [1.29, 1.82) is 5.26 Å². The van der Waals surface area contributed by atoms with Gasteiger partial charge in [-0.05, 0) is 6.07 Å². The molecule has 1 aromatic rings. The van der Waals surface area contributed by atoms with Crippen LogP contribution in [-0.4, -0.2) is 29.1 Å². The van der Waals surface area contributed by atoms with Crippen LogP contribution >= 0.6 is 0 Å². The summed E-state index contributed by atoms with van der Waals surface area (Å²) in [6.45, 7) is 0.908. The van der Waals surface area contributed by atoms with Crippen molar-refractivity contribution in [3.05, 3.63) is 24.0 Å². The average Bonchev–Trinajstić information content (AvgIpc) is 2.15. The van der Waals surface area contributed by atoms with Gasteiger partial charge in [0.15, 0.2) is 0 Å². The number of pyridine rings is 1. The van der Waals surface area contributed by atoms with E-state index >= 15 is 0 Å². The summed E-state index contributed by atoms with van der Waals surface area (Å²) in [5, 5.41) is 17.6. The number of rotatable bonds is 2. The van der Waals surface area contributed by atoms with Crippen LogP contribution < -0.4 is 4.90 Å². The zero-order valence-electron chi connectivity index (χ0n) is 7.92. The highest BCUT2D eigenvalue weighted by Crippen LogP contribution is 2.26. The van der Waals surface area contributed by atoms with Gasteiger partial charge in [0.2, 0.25) is 0 Å². The van der Waals surface area contributed by atoms with Gasteiger partial charge in [0.25, 0.3) is 0 Å². The van der Waals surface area contributed by atoms with Gasteiger partial charge in [-0.3, -0.25) is 9.78 Å². The highest BCUT2D eigenvalue weighted by Gasteiger charge is 2.33. The molecule has 1 N–H and O–H groups in total. The third-order valence-electron chi connectivity index (χ3n) is 2.49. The Bertz CT molecular complexity index is 433. The van der Waals surface area contributed by atoms with Crippen LogP contribution in [-0.2, 0) is 4.79 Å². The smallest absolute Gasteiger partial charge is 0.310 e. The SMILES string of the molecule is N#Cc1ccncc1N1CC(C(=O)O)C1. The van der Waals surface area contributed by atoms with E-state index in [1.54, 1.807) is 18.5 Å². The van der Waals surface area contributed by atoms with Crippen molar-refractivity contribution < 1.29 is 9.90 Å². The fourth-order valence-electron chi connectivity index (χ4n) is 1.56. The van der Waals surface area contributed by atoms with Crippen LogP contribution in [0.5, 0.6) is 0 Å². The number of hydrogen-bond acceptors (Lipinski definition) is 4. The molecular formula is C10H9N3O2. The lowest BCUT2D eigenvalue weighted by molar-refractivity contribution is -0.142. The van der Waals surface area contributed by atoms with Crippen molar-refractivity contribution >= 4 is 11.7 Å². The van der Waals surface area contributed by atoms with E-state index in [1.165, 1.54) is 0 Å². The molecule has 0 atom stereocenters. The predicted molar refractivity (Wildman–Crippen MR) is 52.3 cm³/mol. The third kappa shape index (κ3) is 1.62. The quantitative estimate of drug-likeness (QED) is 0.756. The molecule has 5 heteroatoms. The van der Waals surface area contributed by atoms with Crippen LogP contribution in [0.2, 0.25) is 0 Å². The van der Waals surface area contributed by atoms with Gasteiger partial charge in [-0.1, -0.05) is 0 Å². The zero-order chi connectivity index (χ0) is 10.8. The summed E-state index contributed by atoms with van der Waals surface area (Å²) in [5.74, 6) is -1.11. The normalized spacial score (nSPS) is 15.5. The minimum Gasteiger partial charge on any atom is -0.481 e. The van der Waals surface area contributed by atoms with E-state index in [0.29, 0.717) is 18.7 Å². The Labute approximate surface area is 86.6 Å².